The van der Waals surface area contributed by atoms with Crippen molar-refractivity contribution in [2.75, 3.05) is 0 Å². The second kappa shape index (κ2) is 11.5. The first-order chi connectivity index (χ1) is 10.7. The third-order valence-corrected chi connectivity index (χ3v) is 4.07. The lowest BCUT2D eigenvalue weighted by atomic mass is 9.90. The van der Waals surface area contributed by atoms with E-state index in [1.807, 2.05) is 0 Å². The van der Waals surface area contributed by atoms with Crippen molar-refractivity contribution in [3.8, 4) is 0 Å². The van der Waals surface area contributed by atoms with Crippen LogP contribution < -0.4 is 0 Å². The van der Waals surface area contributed by atoms with E-state index in [0.29, 0.717) is 12.0 Å². The monoisotopic (exact) mass is 302 g/mol. The maximum Gasteiger partial charge on any atom is 0.0720 e. The van der Waals surface area contributed by atoms with E-state index in [1.165, 1.54) is 49.7 Å². The Labute approximate surface area is 137 Å². The first kappa shape index (κ1) is 19.0. The molecule has 0 bridgehead atoms. The Bertz CT molecular complexity index is 403. The summed E-state index contributed by atoms with van der Waals surface area (Å²) in [4.78, 5) is 0. The summed E-state index contributed by atoms with van der Waals surface area (Å²) in [5.74, 6) is 0.556. The van der Waals surface area contributed by atoms with Crippen molar-refractivity contribution in [1.29, 1.82) is 0 Å². The molecule has 2 unspecified atom stereocenters. The van der Waals surface area contributed by atoms with Crippen LogP contribution in [0.4, 0.5) is 0 Å². The van der Waals surface area contributed by atoms with Crippen molar-refractivity contribution in [3.63, 3.8) is 0 Å². The highest BCUT2D eigenvalue weighted by atomic mass is 16.5. The van der Waals surface area contributed by atoms with Gasteiger partial charge in [0.25, 0.3) is 0 Å². The Hall–Kier alpha value is -1.08. The summed E-state index contributed by atoms with van der Waals surface area (Å²) in [7, 11) is 0. The molecule has 1 aromatic carbocycles. The van der Waals surface area contributed by atoms with Gasteiger partial charge in [-0.05, 0) is 32.3 Å². The molecule has 0 spiro atoms. The van der Waals surface area contributed by atoms with E-state index in [4.69, 9.17) is 4.74 Å². The lowest BCUT2D eigenvalue weighted by molar-refractivity contribution is 0.00409. The van der Waals surface area contributed by atoms with Gasteiger partial charge in [-0.3, -0.25) is 0 Å². The van der Waals surface area contributed by atoms with Crippen LogP contribution >= 0.6 is 0 Å². The molecule has 0 radical (unpaired) electrons. The van der Waals surface area contributed by atoms with Crippen molar-refractivity contribution in [2.45, 2.75) is 78.9 Å². The SMILES string of the molecule is CCCCC(C=C(C)C)C(CCCC)OCc1ccccc1. The van der Waals surface area contributed by atoms with Gasteiger partial charge in [0.05, 0.1) is 12.7 Å². The Balaban J connectivity index is 2.71. The largest absolute Gasteiger partial charge is 0.373 e. The molecular formula is C21H34O. The molecule has 1 rings (SSSR count). The standard InChI is InChI=1S/C21H34O/c1-5-7-14-20(16-18(3)4)21(15-8-6-2)22-17-19-12-10-9-11-13-19/h9-13,16,20-21H,5-8,14-15,17H2,1-4H3. The first-order valence-electron chi connectivity index (χ1n) is 8.97. The molecule has 0 aromatic heterocycles. The van der Waals surface area contributed by atoms with Crippen LogP contribution in [0.2, 0.25) is 0 Å². The summed E-state index contributed by atoms with van der Waals surface area (Å²) in [6, 6.07) is 10.5. The van der Waals surface area contributed by atoms with Gasteiger partial charge in [-0.25, -0.2) is 0 Å². The Morgan fingerprint density at radius 2 is 1.64 bits per heavy atom. The molecule has 1 aromatic rings. The van der Waals surface area contributed by atoms with Crippen molar-refractivity contribution in [2.24, 2.45) is 5.92 Å². The Kier molecular flexibility index (Phi) is 9.90. The minimum atomic E-state index is 0.349. The smallest absolute Gasteiger partial charge is 0.0720 e. The topological polar surface area (TPSA) is 9.23 Å². The molecule has 0 aliphatic rings. The van der Waals surface area contributed by atoms with Gasteiger partial charge < -0.3 is 4.74 Å². The molecule has 124 valence electrons. The minimum absolute atomic E-state index is 0.349. The molecule has 0 saturated heterocycles. The van der Waals surface area contributed by atoms with Gasteiger partial charge in [-0.2, -0.15) is 0 Å². The molecule has 0 heterocycles. The number of rotatable bonds is 11. The van der Waals surface area contributed by atoms with Crippen LogP contribution in [0.1, 0.15) is 71.8 Å². The number of benzene rings is 1. The van der Waals surface area contributed by atoms with E-state index in [9.17, 15) is 0 Å². The van der Waals surface area contributed by atoms with Gasteiger partial charge in [0.2, 0.25) is 0 Å². The zero-order chi connectivity index (χ0) is 16.2. The number of hydrogen-bond acceptors (Lipinski definition) is 1. The van der Waals surface area contributed by atoms with E-state index in [1.54, 1.807) is 0 Å². The Morgan fingerprint density at radius 3 is 2.23 bits per heavy atom. The lowest BCUT2D eigenvalue weighted by Crippen LogP contribution is -2.23. The molecule has 0 aliphatic carbocycles. The highest BCUT2D eigenvalue weighted by molar-refractivity contribution is 5.13. The fourth-order valence-electron chi connectivity index (χ4n) is 2.85. The first-order valence-corrected chi connectivity index (χ1v) is 8.97. The van der Waals surface area contributed by atoms with Crippen LogP contribution in [0, 0.1) is 5.92 Å². The van der Waals surface area contributed by atoms with Gasteiger partial charge >= 0.3 is 0 Å². The van der Waals surface area contributed by atoms with Crippen LogP contribution in [0.3, 0.4) is 0 Å². The molecule has 0 fully saturated rings. The third-order valence-electron chi connectivity index (χ3n) is 4.07. The molecule has 1 nitrogen and oxygen atoms in total. The second-order valence-corrected chi connectivity index (χ2v) is 6.53. The number of hydrogen-bond donors (Lipinski definition) is 0. The van der Waals surface area contributed by atoms with Crippen molar-refractivity contribution >= 4 is 0 Å². The number of ether oxygens (including phenoxy) is 1. The third kappa shape index (κ3) is 7.79. The summed E-state index contributed by atoms with van der Waals surface area (Å²) < 4.78 is 6.35. The average Bonchev–Trinajstić information content (AvgIpc) is 2.52. The average molecular weight is 303 g/mol. The van der Waals surface area contributed by atoms with Crippen LogP contribution in [0.15, 0.2) is 42.0 Å². The minimum Gasteiger partial charge on any atom is -0.373 e. The predicted octanol–water partition coefficient (Wildman–Crippen LogP) is 6.53. The van der Waals surface area contributed by atoms with Crippen molar-refractivity contribution in [1.82, 2.24) is 0 Å². The normalized spacial score (nSPS) is 13.6. The quantitative estimate of drug-likeness (QED) is 0.422. The van der Waals surface area contributed by atoms with Crippen LogP contribution in [-0.4, -0.2) is 6.10 Å². The Morgan fingerprint density at radius 1 is 1.00 bits per heavy atom. The molecule has 2 atom stereocenters. The van der Waals surface area contributed by atoms with E-state index in [-0.39, 0.29) is 0 Å². The highest BCUT2D eigenvalue weighted by Crippen LogP contribution is 2.24. The summed E-state index contributed by atoms with van der Waals surface area (Å²) >= 11 is 0. The van der Waals surface area contributed by atoms with Gasteiger partial charge in [0, 0.05) is 5.92 Å². The number of allylic oxidation sites excluding steroid dienone is 1. The molecule has 22 heavy (non-hydrogen) atoms. The van der Waals surface area contributed by atoms with E-state index < -0.39 is 0 Å². The van der Waals surface area contributed by atoms with Crippen LogP contribution in [-0.2, 0) is 11.3 Å². The van der Waals surface area contributed by atoms with Gasteiger partial charge in [0.1, 0.15) is 0 Å². The van der Waals surface area contributed by atoms with Crippen LogP contribution in [0.25, 0.3) is 0 Å². The number of unbranched alkanes of at least 4 members (excludes halogenated alkanes) is 2. The summed E-state index contributed by atoms with van der Waals surface area (Å²) in [5, 5.41) is 0. The molecule has 0 N–H and O–H groups in total. The molecule has 0 aliphatic heterocycles. The van der Waals surface area contributed by atoms with Crippen molar-refractivity contribution in [3.05, 3.63) is 47.5 Å². The summed E-state index contributed by atoms with van der Waals surface area (Å²) in [6.07, 6.45) is 10.2. The van der Waals surface area contributed by atoms with Gasteiger partial charge in [-0.1, -0.05) is 81.5 Å². The molecule has 0 amide bonds. The summed E-state index contributed by atoms with van der Waals surface area (Å²) in [5.41, 5.74) is 2.68. The second-order valence-electron chi connectivity index (χ2n) is 6.53. The fourth-order valence-corrected chi connectivity index (χ4v) is 2.85. The maximum atomic E-state index is 6.35. The maximum absolute atomic E-state index is 6.35. The molecule has 1 heteroatoms. The zero-order valence-corrected chi connectivity index (χ0v) is 15.0. The fraction of sp³-hybridized carbons (Fsp3) is 0.619. The van der Waals surface area contributed by atoms with Gasteiger partial charge in [-0.15, -0.1) is 0 Å². The van der Waals surface area contributed by atoms with E-state index >= 15 is 0 Å². The van der Waals surface area contributed by atoms with Gasteiger partial charge in [0.15, 0.2) is 0 Å². The van der Waals surface area contributed by atoms with E-state index in [2.05, 4.69) is 64.1 Å². The summed E-state index contributed by atoms with van der Waals surface area (Å²) in [6.45, 7) is 9.66. The highest BCUT2D eigenvalue weighted by Gasteiger charge is 2.19. The van der Waals surface area contributed by atoms with E-state index in [0.717, 1.165) is 6.61 Å². The van der Waals surface area contributed by atoms with Crippen molar-refractivity contribution < 1.29 is 4.74 Å². The predicted molar refractivity (Wildman–Crippen MR) is 97.0 cm³/mol. The molecular weight excluding hydrogens is 268 g/mol. The zero-order valence-electron chi connectivity index (χ0n) is 15.0. The molecule has 0 saturated carbocycles. The van der Waals surface area contributed by atoms with Crippen LogP contribution in [0.5, 0.6) is 0 Å². The lowest BCUT2D eigenvalue weighted by Gasteiger charge is -2.26.